The lowest BCUT2D eigenvalue weighted by Gasteiger charge is -2.21. The second-order valence-electron chi connectivity index (χ2n) is 7.63. The number of amides is 2. The van der Waals surface area contributed by atoms with E-state index in [0.29, 0.717) is 30.9 Å². The minimum absolute atomic E-state index is 0.150. The maximum absolute atomic E-state index is 13.2. The molecule has 2 atom stereocenters. The number of aromatic nitrogens is 1. The summed E-state index contributed by atoms with van der Waals surface area (Å²) in [5.41, 5.74) is 0.643. The van der Waals surface area contributed by atoms with Gasteiger partial charge in [0.2, 0.25) is 5.82 Å². The smallest absolute Gasteiger partial charge is 0.323 e. The van der Waals surface area contributed by atoms with Crippen LogP contribution in [0.15, 0.2) is 36.4 Å². The summed E-state index contributed by atoms with van der Waals surface area (Å²) in [4.78, 5) is 31.5. The largest absolute Gasteiger partial charge is 0.324 e. The topological polar surface area (TPSA) is 91.6 Å². The second-order valence-corrected chi connectivity index (χ2v) is 7.63. The van der Waals surface area contributed by atoms with E-state index in [2.05, 4.69) is 15.2 Å². The minimum atomic E-state index is -0.607. The Hall–Kier alpha value is -3.14. The number of fused-ring (bicyclic) bond motifs is 1. The second kappa shape index (κ2) is 8.31. The van der Waals surface area contributed by atoms with E-state index >= 15 is 0 Å². The summed E-state index contributed by atoms with van der Waals surface area (Å²) in [6.07, 6.45) is 0. The summed E-state index contributed by atoms with van der Waals surface area (Å²) in [5.74, 6) is -0.00613. The van der Waals surface area contributed by atoms with Crippen LogP contribution in [-0.2, 0) is 0 Å². The summed E-state index contributed by atoms with van der Waals surface area (Å²) >= 11 is 0. The van der Waals surface area contributed by atoms with Crippen molar-refractivity contribution < 1.29 is 18.5 Å². The number of alkyl halides is 1. The number of likely N-dealkylation sites (tertiary alicyclic amines) is 2. The van der Waals surface area contributed by atoms with Crippen LogP contribution in [0.25, 0.3) is 11.3 Å². The van der Waals surface area contributed by atoms with Crippen molar-refractivity contribution in [3.63, 3.8) is 0 Å². The average molecular weight is 417 g/mol. The van der Waals surface area contributed by atoms with Gasteiger partial charge in [-0.15, -0.1) is 0 Å². The molecule has 0 spiro atoms. The number of urea groups is 1. The van der Waals surface area contributed by atoms with Gasteiger partial charge in [0.05, 0.1) is 10.6 Å². The van der Waals surface area contributed by atoms with Crippen LogP contribution < -0.4 is 5.32 Å². The number of hydrogen-bond donors (Lipinski definition) is 1. The highest BCUT2D eigenvalue weighted by molar-refractivity contribution is 5.91. The van der Waals surface area contributed by atoms with Gasteiger partial charge >= 0.3 is 11.7 Å². The zero-order valence-corrected chi connectivity index (χ0v) is 16.1. The Morgan fingerprint density at radius 3 is 2.40 bits per heavy atom. The first-order valence-electron chi connectivity index (χ1n) is 9.70. The van der Waals surface area contributed by atoms with Gasteiger partial charge < -0.3 is 9.80 Å². The van der Waals surface area contributed by atoms with Crippen molar-refractivity contribution in [2.24, 2.45) is 11.8 Å². The number of anilines is 1. The predicted molar refractivity (Wildman–Crippen MR) is 106 cm³/mol. The van der Waals surface area contributed by atoms with Crippen LogP contribution >= 0.6 is 0 Å². The molecule has 8 nitrogen and oxygen atoms in total. The predicted octanol–water partition coefficient (Wildman–Crippen LogP) is 3.16. The lowest BCUT2D eigenvalue weighted by molar-refractivity contribution is -0.384. The van der Waals surface area contributed by atoms with Crippen molar-refractivity contribution in [2.75, 3.05) is 44.7 Å². The van der Waals surface area contributed by atoms with Gasteiger partial charge in [0.25, 0.3) is 0 Å². The molecule has 2 fully saturated rings. The van der Waals surface area contributed by atoms with E-state index in [-0.39, 0.29) is 30.0 Å². The zero-order chi connectivity index (χ0) is 21.3. The van der Waals surface area contributed by atoms with Gasteiger partial charge in [-0.1, -0.05) is 0 Å². The van der Waals surface area contributed by atoms with Gasteiger partial charge in [-0.2, -0.15) is 0 Å². The number of halogens is 2. The summed E-state index contributed by atoms with van der Waals surface area (Å²) < 4.78 is 25.7. The van der Waals surface area contributed by atoms with E-state index < -0.39 is 16.8 Å². The van der Waals surface area contributed by atoms with E-state index in [1.165, 1.54) is 36.4 Å². The van der Waals surface area contributed by atoms with E-state index in [1.807, 2.05) is 0 Å². The molecule has 2 aliphatic heterocycles. The first kappa shape index (κ1) is 20.1. The van der Waals surface area contributed by atoms with Crippen molar-refractivity contribution in [3.8, 4) is 11.3 Å². The van der Waals surface area contributed by atoms with Gasteiger partial charge in [-0.25, -0.2) is 18.6 Å². The number of hydrogen-bond acceptors (Lipinski definition) is 5. The molecule has 1 aromatic heterocycles. The lowest BCUT2D eigenvalue weighted by atomic mass is 10.0. The first-order chi connectivity index (χ1) is 14.4. The zero-order valence-electron chi connectivity index (χ0n) is 16.1. The average Bonchev–Trinajstić information content (AvgIpc) is 3.27. The Morgan fingerprint density at radius 2 is 1.80 bits per heavy atom. The monoisotopic (exact) mass is 417 g/mol. The van der Waals surface area contributed by atoms with Crippen LogP contribution in [0, 0.1) is 27.8 Å². The minimum Gasteiger partial charge on any atom is -0.324 e. The third kappa shape index (κ3) is 4.09. The third-order valence-corrected chi connectivity index (χ3v) is 5.69. The van der Waals surface area contributed by atoms with Crippen LogP contribution in [0.2, 0.25) is 0 Å². The highest BCUT2D eigenvalue weighted by Gasteiger charge is 2.41. The van der Waals surface area contributed by atoms with Gasteiger partial charge in [-0.05, 0) is 42.2 Å². The fourth-order valence-electron chi connectivity index (χ4n) is 4.21. The summed E-state index contributed by atoms with van der Waals surface area (Å²) in [7, 11) is 0. The Kier molecular flexibility index (Phi) is 5.58. The first-order valence-corrected chi connectivity index (χ1v) is 9.70. The number of carbonyl (C=O) groups excluding carboxylic acids is 1. The van der Waals surface area contributed by atoms with Crippen LogP contribution in [-0.4, -0.2) is 65.1 Å². The quantitative estimate of drug-likeness (QED) is 0.596. The molecule has 1 N–H and O–H groups in total. The molecule has 30 heavy (non-hydrogen) atoms. The van der Waals surface area contributed by atoms with Crippen molar-refractivity contribution in [3.05, 3.63) is 52.3 Å². The molecule has 1 aromatic carbocycles. The van der Waals surface area contributed by atoms with Crippen LogP contribution in [0.3, 0.4) is 0 Å². The standard InChI is InChI=1S/C20H21F2N5O3/c21-7-8-25-9-14-11-26(12-15(14)10-25)20(28)24-19-18(27(29)30)6-5-17(23-19)13-1-3-16(22)4-2-13/h1-6,14-15H,7-12H2,(H,23,24,28). The molecular formula is C20H21F2N5O3. The van der Waals surface area contributed by atoms with Gasteiger partial charge in [-0.3, -0.25) is 15.4 Å². The highest BCUT2D eigenvalue weighted by atomic mass is 19.1. The SMILES string of the molecule is O=C(Nc1nc(-c2ccc(F)cc2)ccc1[N+](=O)[O-])N1CC2CN(CCF)CC2C1. The van der Waals surface area contributed by atoms with Gasteiger partial charge in [0, 0.05) is 44.4 Å². The number of nitrogens with zero attached hydrogens (tertiary/aromatic N) is 4. The van der Waals surface area contributed by atoms with Crippen molar-refractivity contribution in [1.82, 2.24) is 14.8 Å². The molecule has 2 amide bonds. The fourth-order valence-corrected chi connectivity index (χ4v) is 4.21. The summed E-state index contributed by atoms with van der Waals surface area (Å²) in [5, 5.41) is 14.0. The van der Waals surface area contributed by atoms with Crippen molar-refractivity contribution in [2.45, 2.75) is 0 Å². The molecule has 2 aliphatic rings. The third-order valence-electron chi connectivity index (χ3n) is 5.69. The van der Waals surface area contributed by atoms with E-state index in [0.717, 1.165) is 13.1 Å². The molecule has 3 heterocycles. The lowest BCUT2D eigenvalue weighted by Crippen LogP contribution is -2.36. The molecule has 2 aromatic rings. The Balaban J connectivity index is 1.49. The molecule has 2 saturated heterocycles. The number of nitro groups is 1. The molecule has 10 heteroatoms. The Labute approximate surface area is 171 Å². The maximum Gasteiger partial charge on any atom is 0.323 e. The molecule has 0 saturated carbocycles. The van der Waals surface area contributed by atoms with Crippen LogP contribution in [0.1, 0.15) is 0 Å². The molecule has 4 rings (SSSR count). The normalized spacial score (nSPS) is 20.9. The van der Waals surface area contributed by atoms with Crippen molar-refractivity contribution in [1.29, 1.82) is 0 Å². The molecule has 2 unspecified atom stereocenters. The molecule has 158 valence electrons. The number of benzene rings is 1. The van der Waals surface area contributed by atoms with Gasteiger partial charge in [0.15, 0.2) is 0 Å². The number of rotatable bonds is 5. The number of nitrogens with one attached hydrogen (secondary N) is 1. The van der Waals surface area contributed by atoms with Crippen molar-refractivity contribution >= 4 is 17.5 Å². The molecule has 0 radical (unpaired) electrons. The number of carbonyl (C=O) groups is 1. The number of pyridine rings is 1. The molecule has 0 aliphatic carbocycles. The molecular weight excluding hydrogens is 396 g/mol. The van der Waals surface area contributed by atoms with E-state index in [1.54, 1.807) is 4.90 Å². The summed E-state index contributed by atoms with van der Waals surface area (Å²) in [6, 6.07) is 7.85. The van der Waals surface area contributed by atoms with E-state index in [4.69, 9.17) is 0 Å². The summed E-state index contributed by atoms with van der Waals surface area (Å²) in [6.45, 7) is 2.55. The maximum atomic E-state index is 13.2. The fraction of sp³-hybridized carbons (Fsp3) is 0.400. The van der Waals surface area contributed by atoms with Crippen LogP contribution in [0.4, 0.5) is 25.1 Å². The molecule has 0 bridgehead atoms. The Bertz CT molecular complexity index is 942. The van der Waals surface area contributed by atoms with Crippen LogP contribution in [0.5, 0.6) is 0 Å². The highest BCUT2D eigenvalue weighted by Crippen LogP contribution is 2.32. The Morgan fingerprint density at radius 1 is 1.13 bits per heavy atom. The van der Waals surface area contributed by atoms with Gasteiger partial charge in [0.1, 0.15) is 12.5 Å². The van der Waals surface area contributed by atoms with E-state index in [9.17, 15) is 23.7 Å².